The minimum atomic E-state index is -0.0707. The summed E-state index contributed by atoms with van der Waals surface area (Å²) in [6, 6.07) is 17.4. The number of hydrogen-bond donors (Lipinski definition) is 2. The number of carbonyl (C=O) groups excluding carboxylic acids is 1. The quantitative estimate of drug-likeness (QED) is 0.761. The van der Waals surface area contributed by atoms with E-state index in [0.717, 1.165) is 17.8 Å². The van der Waals surface area contributed by atoms with Gasteiger partial charge in [-0.2, -0.15) is 5.10 Å². The van der Waals surface area contributed by atoms with Gasteiger partial charge in [-0.05, 0) is 31.0 Å². The molecule has 3 aromatic rings. The molecule has 5 nitrogen and oxygen atoms in total. The molecule has 2 aromatic carbocycles. The molecule has 0 aliphatic carbocycles. The SMILES string of the molecule is Cc1nc(-c2ccc(C(=O)NCCc3ccccc3)cc2)n[nH]1. The smallest absolute Gasteiger partial charge is 0.251 e. The summed E-state index contributed by atoms with van der Waals surface area (Å²) in [6.45, 7) is 2.47. The Hall–Kier alpha value is -2.95. The monoisotopic (exact) mass is 306 g/mol. The van der Waals surface area contributed by atoms with Crippen LogP contribution in [0, 0.1) is 6.92 Å². The lowest BCUT2D eigenvalue weighted by Gasteiger charge is -2.06. The molecular weight excluding hydrogens is 288 g/mol. The molecule has 0 unspecified atom stereocenters. The summed E-state index contributed by atoms with van der Waals surface area (Å²) in [5.74, 6) is 1.33. The lowest BCUT2D eigenvalue weighted by atomic mass is 10.1. The minimum absolute atomic E-state index is 0.0707. The average Bonchev–Trinajstić information content (AvgIpc) is 3.02. The number of hydrogen-bond acceptors (Lipinski definition) is 3. The van der Waals surface area contributed by atoms with Crippen molar-refractivity contribution in [3.05, 3.63) is 71.5 Å². The van der Waals surface area contributed by atoms with Gasteiger partial charge >= 0.3 is 0 Å². The van der Waals surface area contributed by atoms with Crippen molar-refractivity contribution in [1.29, 1.82) is 0 Å². The van der Waals surface area contributed by atoms with Gasteiger partial charge in [0, 0.05) is 17.7 Å². The summed E-state index contributed by atoms with van der Waals surface area (Å²) < 4.78 is 0. The first-order valence-electron chi connectivity index (χ1n) is 7.54. The molecule has 0 atom stereocenters. The largest absolute Gasteiger partial charge is 0.352 e. The fourth-order valence-corrected chi connectivity index (χ4v) is 2.31. The number of aromatic amines is 1. The maximum Gasteiger partial charge on any atom is 0.251 e. The van der Waals surface area contributed by atoms with Gasteiger partial charge in [-0.1, -0.05) is 42.5 Å². The highest BCUT2D eigenvalue weighted by atomic mass is 16.1. The van der Waals surface area contributed by atoms with Crippen molar-refractivity contribution >= 4 is 5.91 Å². The lowest BCUT2D eigenvalue weighted by molar-refractivity contribution is 0.0954. The Balaban J connectivity index is 1.57. The van der Waals surface area contributed by atoms with E-state index in [-0.39, 0.29) is 5.91 Å². The number of nitrogens with zero attached hydrogens (tertiary/aromatic N) is 2. The highest BCUT2D eigenvalue weighted by Gasteiger charge is 2.07. The van der Waals surface area contributed by atoms with Crippen molar-refractivity contribution in [3.63, 3.8) is 0 Å². The van der Waals surface area contributed by atoms with Crippen LogP contribution in [0.2, 0.25) is 0 Å². The Kier molecular flexibility index (Phi) is 4.47. The van der Waals surface area contributed by atoms with Crippen LogP contribution in [0.3, 0.4) is 0 Å². The van der Waals surface area contributed by atoms with Crippen molar-refractivity contribution < 1.29 is 4.79 Å². The van der Waals surface area contributed by atoms with Crippen LogP contribution in [0.25, 0.3) is 11.4 Å². The van der Waals surface area contributed by atoms with E-state index in [0.29, 0.717) is 17.9 Å². The number of aryl methyl sites for hydroxylation is 1. The van der Waals surface area contributed by atoms with Gasteiger partial charge in [0.25, 0.3) is 5.91 Å². The van der Waals surface area contributed by atoms with Gasteiger partial charge in [0.1, 0.15) is 5.82 Å². The Morgan fingerprint density at radius 2 is 1.83 bits per heavy atom. The van der Waals surface area contributed by atoms with Gasteiger partial charge in [0.05, 0.1) is 0 Å². The fourth-order valence-electron chi connectivity index (χ4n) is 2.31. The normalized spacial score (nSPS) is 10.5. The highest BCUT2D eigenvalue weighted by molar-refractivity contribution is 5.94. The molecule has 0 aliphatic heterocycles. The molecular formula is C18H18N4O. The summed E-state index contributed by atoms with van der Waals surface area (Å²) in [5, 5.41) is 9.85. The molecule has 0 spiro atoms. The van der Waals surface area contributed by atoms with E-state index in [1.807, 2.05) is 37.3 Å². The Labute approximate surface area is 134 Å². The molecule has 0 fully saturated rings. The summed E-state index contributed by atoms with van der Waals surface area (Å²) in [6.07, 6.45) is 0.821. The van der Waals surface area contributed by atoms with Gasteiger partial charge in [0.15, 0.2) is 5.82 Å². The number of aromatic nitrogens is 3. The number of carbonyl (C=O) groups is 1. The Bertz CT molecular complexity index is 778. The van der Waals surface area contributed by atoms with Crippen LogP contribution >= 0.6 is 0 Å². The molecule has 23 heavy (non-hydrogen) atoms. The zero-order valence-corrected chi connectivity index (χ0v) is 12.9. The van der Waals surface area contributed by atoms with Crippen LogP contribution in [0.4, 0.5) is 0 Å². The maximum atomic E-state index is 12.1. The third-order valence-electron chi connectivity index (χ3n) is 3.54. The van der Waals surface area contributed by atoms with Crippen molar-refractivity contribution in [2.24, 2.45) is 0 Å². The number of rotatable bonds is 5. The molecule has 0 aliphatic rings. The van der Waals surface area contributed by atoms with E-state index in [4.69, 9.17) is 0 Å². The molecule has 0 bridgehead atoms. The first-order valence-corrected chi connectivity index (χ1v) is 7.54. The first kappa shape index (κ1) is 15.0. The molecule has 116 valence electrons. The average molecular weight is 306 g/mol. The molecule has 3 rings (SSSR count). The van der Waals surface area contributed by atoms with Gasteiger partial charge in [-0.25, -0.2) is 4.98 Å². The lowest BCUT2D eigenvalue weighted by Crippen LogP contribution is -2.25. The molecule has 0 radical (unpaired) electrons. The predicted octanol–water partition coefficient (Wildman–Crippen LogP) is 2.75. The number of benzene rings is 2. The second kappa shape index (κ2) is 6.87. The third kappa shape index (κ3) is 3.83. The van der Waals surface area contributed by atoms with Crippen LogP contribution in [0.5, 0.6) is 0 Å². The summed E-state index contributed by atoms with van der Waals surface area (Å²) in [4.78, 5) is 16.4. The Morgan fingerprint density at radius 1 is 1.09 bits per heavy atom. The fraction of sp³-hybridized carbons (Fsp3) is 0.167. The minimum Gasteiger partial charge on any atom is -0.352 e. The first-order chi connectivity index (χ1) is 11.2. The van der Waals surface area contributed by atoms with Crippen LogP contribution < -0.4 is 5.32 Å². The van der Waals surface area contributed by atoms with Crippen LogP contribution in [0.15, 0.2) is 54.6 Å². The maximum absolute atomic E-state index is 12.1. The van der Waals surface area contributed by atoms with E-state index >= 15 is 0 Å². The molecule has 1 heterocycles. The van der Waals surface area contributed by atoms with Gasteiger partial charge in [0.2, 0.25) is 0 Å². The zero-order valence-electron chi connectivity index (χ0n) is 12.9. The van der Waals surface area contributed by atoms with Crippen LogP contribution in [-0.4, -0.2) is 27.6 Å². The number of H-pyrrole nitrogens is 1. The molecule has 0 saturated carbocycles. The number of amides is 1. The van der Waals surface area contributed by atoms with E-state index in [2.05, 4.69) is 32.6 Å². The van der Waals surface area contributed by atoms with Gasteiger partial charge in [-0.15, -0.1) is 0 Å². The predicted molar refractivity (Wildman–Crippen MR) is 89.0 cm³/mol. The van der Waals surface area contributed by atoms with Gasteiger partial charge < -0.3 is 5.32 Å². The highest BCUT2D eigenvalue weighted by Crippen LogP contribution is 2.15. The summed E-state index contributed by atoms with van der Waals surface area (Å²) >= 11 is 0. The van der Waals surface area contributed by atoms with E-state index in [9.17, 15) is 4.79 Å². The number of nitrogens with one attached hydrogen (secondary N) is 2. The van der Waals surface area contributed by atoms with Crippen molar-refractivity contribution in [2.45, 2.75) is 13.3 Å². The second-order valence-electron chi connectivity index (χ2n) is 5.31. The summed E-state index contributed by atoms with van der Waals surface area (Å²) in [7, 11) is 0. The van der Waals surface area contributed by atoms with E-state index in [1.165, 1.54) is 5.56 Å². The molecule has 2 N–H and O–H groups in total. The second-order valence-corrected chi connectivity index (χ2v) is 5.31. The molecule has 5 heteroatoms. The summed E-state index contributed by atoms with van der Waals surface area (Å²) in [5.41, 5.74) is 2.73. The van der Waals surface area contributed by atoms with E-state index < -0.39 is 0 Å². The van der Waals surface area contributed by atoms with Crippen molar-refractivity contribution in [3.8, 4) is 11.4 Å². The topological polar surface area (TPSA) is 70.7 Å². The van der Waals surface area contributed by atoms with Crippen molar-refractivity contribution in [2.75, 3.05) is 6.54 Å². The van der Waals surface area contributed by atoms with Crippen LogP contribution in [-0.2, 0) is 6.42 Å². The molecule has 1 amide bonds. The third-order valence-corrected chi connectivity index (χ3v) is 3.54. The van der Waals surface area contributed by atoms with Crippen LogP contribution in [0.1, 0.15) is 21.7 Å². The standard InChI is InChI=1S/C18H18N4O/c1-13-20-17(22-21-13)15-7-9-16(10-8-15)18(23)19-12-11-14-5-3-2-4-6-14/h2-10H,11-12H2,1H3,(H,19,23)(H,20,21,22). The van der Waals surface area contributed by atoms with E-state index in [1.54, 1.807) is 12.1 Å². The Morgan fingerprint density at radius 3 is 2.48 bits per heavy atom. The molecule has 0 saturated heterocycles. The zero-order chi connectivity index (χ0) is 16.1. The molecule has 1 aromatic heterocycles. The van der Waals surface area contributed by atoms with Gasteiger partial charge in [-0.3, -0.25) is 9.89 Å². The van der Waals surface area contributed by atoms with Crippen molar-refractivity contribution in [1.82, 2.24) is 20.5 Å².